The Balaban J connectivity index is 2.37. The second kappa shape index (κ2) is 5.66. The summed E-state index contributed by atoms with van der Waals surface area (Å²) >= 11 is 0. The number of hydrogen-bond acceptors (Lipinski definition) is 5. The van der Waals surface area contributed by atoms with Crippen LogP contribution in [-0.4, -0.2) is 39.9 Å². The van der Waals surface area contributed by atoms with Crippen molar-refractivity contribution < 1.29 is 13.2 Å². The van der Waals surface area contributed by atoms with Gasteiger partial charge in [0.15, 0.2) is 0 Å². The summed E-state index contributed by atoms with van der Waals surface area (Å²) in [7, 11) is -1.59. The molecule has 6 nitrogen and oxygen atoms in total. The zero-order chi connectivity index (χ0) is 12.0. The number of pyridine rings is 1. The predicted octanol–water partition coefficient (Wildman–Crippen LogP) is 0.0513. The van der Waals surface area contributed by atoms with Gasteiger partial charge in [-0.2, -0.15) is 4.98 Å². The second-order valence-corrected chi connectivity index (χ2v) is 4.99. The molecule has 0 saturated heterocycles. The molecule has 0 bridgehead atoms. The molecule has 1 aromatic rings. The molecule has 0 aromatic carbocycles. The molecule has 0 fully saturated rings. The maximum atomic E-state index is 10.8. The first-order valence-electron chi connectivity index (χ1n) is 4.71. The summed E-state index contributed by atoms with van der Waals surface area (Å²) in [6, 6.07) is 5.32. The number of sulfonamides is 1. The van der Waals surface area contributed by atoms with Crippen molar-refractivity contribution in [1.82, 2.24) is 9.71 Å². The van der Waals surface area contributed by atoms with Gasteiger partial charge < -0.3 is 10.1 Å². The third-order valence-electron chi connectivity index (χ3n) is 1.73. The first kappa shape index (κ1) is 12.7. The van der Waals surface area contributed by atoms with E-state index in [1.807, 2.05) is 0 Å². The first-order valence-corrected chi connectivity index (χ1v) is 6.60. The van der Waals surface area contributed by atoms with E-state index in [0.29, 0.717) is 24.8 Å². The van der Waals surface area contributed by atoms with E-state index in [-0.39, 0.29) is 0 Å². The summed E-state index contributed by atoms with van der Waals surface area (Å²) in [4.78, 5) is 4.11. The van der Waals surface area contributed by atoms with Crippen molar-refractivity contribution in [3.05, 3.63) is 18.2 Å². The topological polar surface area (TPSA) is 80.3 Å². The van der Waals surface area contributed by atoms with E-state index in [9.17, 15) is 8.42 Å². The van der Waals surface area contributed by atoms with Crippen molar-refractivity contribution in [3.8, 4) is 5.88 Å². The Morgan fingerprint density at radius 2 is 2.12 bits per heavy atom. The minimum atomic E-state index is -3.13. The molecule has 16 heavy (non-hydrogen) atoms. The number of aromatic nitrogens is 1. The van der Waals surface area contributed by atoms with Crippen LogP contribution in [0.5, 0.6) is 5.88 Å². The Kier molecular flexibility index (Phi) is 4.51. The van der Waals surface area contributed by atoms with Crippen molar-refractivity contribution >= 4 is 15.8 Å². The van der Waals surface area contributed by atoms with Crippen LogP contribution in [-0.2, 0) is 10.0 Å². The Morgan fingerprint density at radius 3 is 2.75 bits per heavy atom. The number of nitrogens with zero attached hydrogens (tertiary/aromatic N) is 1. The van der Waals surface area contributed by atoms with Gasteiger partial charge in [-0.15, -0.1) is 0 Å². The highest BCUT2D eigenvalue weighted by molar-refractivity contribution is 7.88. The highest BCUT2D eigenvalue weighted by Gasteiger charge is 1.99. The highest BCUT2D eigenvalue weighted by Crippen LogP contribution is 2.09. The minimum Gasteiger partial charge on any atom is -0.481 e. The van der Waals surface area contributed by atoms with Gasteiger partial charge >= 0.3 is 0 Å². The maximum Gasteiger partial charge on any atom is 0.214 e. The summed E-state index contributed by atoms with van der Waals surface area (Å²) in [5.41, 5.74) is 0. The van der Waals surface area contributed by atoms with Crippen molar-refractivity contribution in [2.24, 2.45) is 0 Å². The van der Waals surface area contributed by atoms with E-state index in [1.54, 1.807) is 18.2 Å². The van der Waals surface area contributed by atoms with E-state index in [4.69, 9.17) is 4.74 Å². The fraction of sp³-hybridized carbons (Fsp3) is 0.444. The number of nitrogens with one attached hydrogen (secondary N) is 2. The first-order chi connectivity index (χ1) is 7.51. The third-order valence-corrected chi connectivity index (χ3v) is 2.46. The smallest absolute Gasteiger partial charge is 0.214 e. The molecule has 0 aliphatic rings. The van der Waals surface area contributed by atoms with E-state index >= 15 is 0 Å². The van der Waals surface area contributed by atoms with Crippen LogP contribution in [0.1, 0.15) is 0 Å². The van der Waals surface area contributed by atoms with Crippen LogP contribution < -0.4 is 14.8 Å². The van der Waals surface area contributed by atoms with E-state index in [2.05, 4.69) is 15.0 Å². The Morgan fingerprint density at radius 1 is 1.38 bits per heavy atom. The van der Waals surface area contributed by atoms with Crippen LogP contribution in [0.2, 0.25) is 0 Å². The molecule has 0 aliphatic carbocycles. The van der Waals surface area contributed by atoms with E-state index in [0.717, 1.165) is 6.26 Å². The summed E-state index contributed by atoms with van der Waals surface area (Å²) < 4.78 is 28.9. The number of methoxy groups -OCH3 is 1. The third kappa shape index (κ3) is 4.94. The zero-order valence-electron chi connectivity index (χ0n) is 9.23. The summed E-state index contributed by atoms with van der Waals surface area (Å²) in [5.74, 6) is 1.16. The molecule has 0 aliphatic heterocycles. The summed E-state index contributed by atoms with van der Waals surface area (Å²) in [5, 5.41) is 2.97. The quantitative estimate of drug-likeness (QED) is 0.692. The molecule has 90 valence electrons. The van der Waals surface area contributed by atoms with Crippen LogP contribution in [0.15, 0.2) is 18.2 Å². The fourth-order valence-corrected chi connectivity index (χ4v) is 1.53. The van der Waals surface area contributed by atoms with Crippen LogP contribution in [0.25, 0.3) is 0 Å². The van der Waals surface area contributed by atoms with Gasteiger partial charge in [-0.1, -0.05) is 6.07 Å². The molecular formula is C9H15N3O3S. The van der Waals surface area contributed by atoms with Gasteiger partial charge in [0.1, 0.15) is 5.82 Å². The number of hydrogen-bond donors (Lipinski definition) is 2. The molecule has 0 atom stereocenters. The van der Waals surface area contributed by atoms with Gasteiger partial charge in [0, 0.05) is 19.2 Å². The lowest BCUT2D eigenvalue weighted by Crippen LogP contribution is -2.27. The van der Waals surface area contributed by atoms with Crippen molar-refractivity contribution in [2.45, 2.75) is 0 Å². The standard InChI is InChI=1S/C9H15N3O3S/c1-15-9-5-3-4-8(12-9)10-6-7-11-16(2,13)14/h3-5,11H,6-7H2,1-2H3,(H,10,12). The van der Waals surface area contributed by atoms with Crippen molar-refractivity contribution in [1.29, 1.82) is 0 Å². The molecule has 0 unspecified atom stereocenters. The van der Waals surface area contributed by atoms with Crippen molar-refractivity contribution in [3.63, 3.8) is 0 Å². The molecule has 0 radical (unpaired) electrons. The maximum absolute atomic E-state index is 10.8. The minimum absolute atomic E-state index is 0.317. The van der Waals surface area contributed by atoms with Gasteiger partial charge in [-0.25, -0.2) is 13.1 Å². The summed E-state index contributed by atoms with van der Waals surface area (Å²) in [6.07, 6.45) is 1.12. The molecule has 1 aromatic heterocycles. The molecule has 1 rings (SSSR count). The second-order valence-electron chi connectivity index (χ2n) is 3.16. The van der Waals surface area contributed by atoms with Crippen LogP contribution in [0, 0.1) is 0 Å². The molecule has 0 amide bonds. The molecule has 1 heterocycles. The lowest BCUT2D eigenvalue weighted by Gasteiger charge is -2.06. The van der Waals surface area contributed by atoms with Crippen LogP contribution in [0.3, 0.4) is 0 Å². The number of ether oxygens (including phenoxy) is 1. The highest BCUT2D eigenvalue weighted by atomic mass is 32.2. The van der Waals surface area contributed by atoms with Crippen LogP contribution >= 0.6 is 0 Å². The predicted molar refractivity (Wildman–Crippen MR) is 62.1 cm³/mol. The molecule has 0 spiro atoms. The Bertz CT molecular complexity index is 433. The van der Waals surface area contributed by atoms with E-state index < -0.39 is 10.0 Å². The fourth-order valence-electron chi connectivity index (χ4n) is 1.05. The van der Waals surface area contributed by atoms with Crippen LogP contribution in [0.4, 0.5) is 5.82 Å². The average molecular weight is 245 g/mol. The van der Waals surface area contributed by atoms with Gasteiger partial charge in [0.25, 0.3) is 0 Å². The SMILES string of the molecule is COc1cccc(NCCNS(C)(=O)=O)n1. The van der Waals surface area contributed by atoms with Gasteiger partial charge in [-0.3, -0.25) is 0 Å². The lowest BCUT2D eigenvalue weighted by molar-refractivity contribution is 0.398. The monoisotopic (exact) mass is 245 g/mol. The lowest BCUT2D eigenvalue weighted by atomic mass is 10.4. The molecular weight excluding hydrogens is 230 g/mol. The van der Waals surface area contributed by atoms with Crippen molar-refractivity contribution in [2.75, 3.05) is 31.8 Å². The molecule has 0 saturated carbocycles. The number of rotatable bonds is 6. The largest absolute Gasteiger partial charge is 0.481 e. The van der Waals surface area contributed by atoms with Gasteiger partial charge in [0.2, 0.25) is 15.9 Å². The Labute approximate surface area is 95.1 Å². The van der Waals surface area contributed by atoms with Gasteiger partial charge in [0.05, 0.1) is 13.4 Å². The van der Waals surface area contributed by atoms with E-state index in [1.165, 1.54) is 7.11 Å². The Hall–Kier alpha value is -1.34. The normalized spacial score (nSPS) is 11.1. The zero-order valence-corrected chi connectivity index (χ0v) is 10.0. The molecule has 7 heteroatoms. The summed E-state index contributed by atoms with van der Waals surface area (Å²) in [6.45, 7) is 0.783. The number of anilines is 1. The van der Waals surface area contributed by atoms with Gasteiger partial charge in [-0.05, 0) is 6.07 Å². The average Bonchev–Trinajstić information content (AvgIpc) is 2.23. The molecule has 2 N–H and O–H groups in total.